The predicted molar refractivity (Wildman–Crippen MR) is 96.9 cm³/mol. The second-order valence-corrected chi connectivity index (χ2v) is 7.08. The van der Waals surface area contributed by atoms with Crippen molar-refractivity contribution >= 4 is 16.9 Å². The van der Waals surface area contributed by atoms with Crippen LogP contribution in [0.5, 0.6) is 5.75 Å². The number of aromatic amines is 1. The number of nitrogens with one attached hydrogen (secondary N) is 2. The normalized spacial score (nSPS) is 11.7. The SMILES string of the molecule is Cc1cc(=O)c(O)c(C(C)(C)CC(=O)NCc2nc3ccc(F)cc3[nH]2)o1. The van der Waals surface area contributed by atoms with Gasteiger partial charge in [-0.05, 0) is 25.1 Å². The lowest BCUT2D eigenvalue weighted by Gasteiger charge is -2.23. The van der Waals surface area contributed by atoms with E-state index in [-0.39, 0.29) is 30.5 Å². The third-order valence-electron chi connectivity index (χ3n) is 4.21. The fraction of sp³-hybridized carbons (Fsp3) is 0.316. The molecule has 0 aliphatic carbocycles. The Balaban J connectivity index is 1.70. The number of hydrogen-bond donors (Lipinski definition) is 3. The lowest BCUT2D eigenvalue weighted by molar-refractivity contribution is -0.122. The Hall–Kier alpha value is -3.16. The lowest BCUT2D eigenvalue weighted by Crippen LogP contribution is -2.31. The average Bonchev–Trinajstić information content (AvgIpc) is 2.97. The molecule has 0 bridgehead atoms. The van der Waals surface area contributed by atoms with Crippen LogP contribution in [0.3, 0.4) is 0 Å². The van der Waals surface area contributed by atoms with Crippen LogP contribution in [-0.4, -0.2) is 21.0 Å². The minimum Gasteiger partial charge on any atom is -0.502 e. The molecule has 3 N–H and O–H groups in total. The number of benzene rings is 1. The molecule has 3 aromatic rings. The second-order valence-electron chi connectivity index (χ2n) is 7.08. The van der Waals surface area contributed by atoms with Crippen LogP contribution in [0.4, 0.5) is 4.39 Å². The zero-order valence-corrected chi connectivity index (χ0v) is 15.2. The van der Waals surface area contributed by atoms with E-state index in [2.05, 4.69) is 15.3 Å². The summed E-state index contributed by atoms with van der Waals surface area (Å²) in [6.07, 6.45) is -0.0121. The number of rotatable bonds is 5. The van der Waals surface area contributed by atoms with Crippen LogP contribution >= 0.6 is 0 Å². The molecule has 0 aliphatic rings. The molecule has 0 saturated heterocycles. The van der Waals surface area contributed by atoms with Gasteiger partial charge >= 0.3 is 0 Å². The van der Waals surface area contributed by atoms with Gasteiger partial charge in [0, 0.05) is 17.9 Å². The number of carbonyl (C=O) groups excluding carboxylic acids is 1. The van der Waals surface area contributed by atoms with Crippen LogP contribution in [0, 0.1) is 12.7 Å². The quantitative estimate of drug-likeness (QED) is 0.637. The zero-order chi connectivity index (χ0) is 19.8. The minimum atomic E-state index is -0.893. The highest BCUT2D eigenvalue weighted by Crippen LogP contribution is 2.32. The van der Waals surface area contributed by atoms with Crippen LogP contribution in [0.1, 0.15) is 37.6 Å². The summed E-state index contributed by atoms with van der Waals surface area (Å²) in [6, 6.07) is 5.40. The van der Waals surface area contributed by atoms with Crippen LogP contribution < -0.4 is 10.7 Å². The number of aromatic hydroxyl groups is 1. The number of fused-ring (bicyclic) bond motifs is 1. The topological polar surface area (TPSA) is 108 Å². The van der Waals surface area contributed by atoms with Crippen molar-refractivity contribution in [3.05, 3.63) is 57.7 Å². The predicted octanol–water partition coefficient (Wildman–Crippen LogP) is 2.65. The van der Waals surface area contributed by atoms with E-state index in [1.165, 1.54) is 18.2 Å². The second kappa shape index (κ2) is 6.86. The maximum absolute atomic E-state index is 13.2. The Morgan fingerprint density at radius 3 is 2.85 bits per heavy atom. The summed E-state index contributed by atoms with van der Waals surface area (Å²) in [5.41, 5.74) is -0.286. The highest BCUT2D eigenvalue weighted by Gasteiger charge is 2.31. The first-order valence-electron chi connectivity index (χ1n) is 8.41. The number of carbonyl (C=O) groups is 1. The summed E-state index contributed by atoms with van der Waals surface area (Å²) in [5.74, 6) is -0.250. The minimum absolute atomic E-state index is 0.0121. The van der Waals surface area contributed by atoms with E-state index < -0.39 is 16.6 Å². The third kappa shape index (κ3) is 3.99. The van der Waals surface area contributed by atoms with E-state index in [0.717, 1.165) is 0 Å². The molecule has 1 aromatic carbocycles. The molecular weight excluding hydrogens is 353 g/mol. The van der Waals surface area contributed by atoms with Crippen molar-refractivity contribution in [1.82, 2.24) is 15.3 Å². The fourth-order valence-electron chi connectivity index (χ4n) is 2.91. The van der Waals surface area contributed by atoms with Crippen molar-refractivity contribution in [2.24, 2.45) is 0 Å². The Labute approximate surface area is 154 Å². The molecule has 2 aromatic heterocycles. The number of H-pyrrole nitrogens is 1. The number of halogens is 1. The van der Waals surface area contributed by atoms with Gasteiger partial charge < -0.3 is 19.8 Å². The largest absolute Gasteiger partial charge is 0.502 e. The fourth-order valence-corrected chi connectivity index (χ4v) is 2.91. The standard InChI is InChI=1S/C19H20FN3O4/c1-10-6-14(24)17(26)18(27-10)19(2,3)8-16(25)21-9-15-22-12-5-4-11(20)7-13(12)23-15/h4-7,26H,8-9H2,1-3H3,(H,21,25)(H,22,23). The van der Waals surface area contributed by atoms with Gasteiger partial charge in [0.2, 0.25) is 17.1 Å². The van der Waals surface area contributed by atoms with E-state index in [4.69, 9.17) is 4.42 Å². The number of nitrogens with zero attached hydrogens (tertiary/aromatic N) is 1. The average molecular weight is 373 g/mol. The van der Waals surface area contributed by atoms with Crippen LogP contribution in [-0.2, 0) is 16.8 Å². The van der Waals surface area contributed by atoms with E-state index in [1.807, 2.05) is 0 Å². The molecule has 8 heteroatoms. The highest BCUT2D eigenvalue weighted by molar-refractivity contribution is 5.78. The zero-order valence-electron chi connectivity index (χ0n) is 15.2. The Morgan fingerprint density at radius 2 is 2.11 bits per heavy atom. The number of amides is 1. The van der Waals surface area contributed by atoms with Gasteiger partial charge in [-0.3, -0.25) is 9.59 Å². The van der Waals surface area contributed by atoms with E-state index >= 15 is 0 Å². The van der Waals surface area contributed by atoms with Gasteiger partial charge in [0.15, 0.2) is 5.76 Å². The molecule has 7 nitrogen and oxygen atoms in total. The lowest BCUT2D eigenvalue weighted by atomic mass is 9.85. The molecule has 1 amide bonds. The van der Waals surface area contributed by atoms with E-state index in [9.17, 15) is 19.1 Å². The van der Waals surface area contributed by atoms with E-state index in [0.29, 0.717) is 22.6 Å². The molecule has 2 heterocycles. The summed E-state index contributed by atoms with van der Waals surface area (Å²) in [4.78, 5) is 31.3. The van der Waals surface area contributed by atoms with E-state index in [1.54, 1.807) is 26.8 Å². The van der Waals surface area contributed by atoms with Gasteiger partial charge in [-0.15, -0.1) is 0 Å². The highest BCUT2D eigenvalue weighted by atomic mass is 19.1. The molecule has 27 heavy (non-hydrogen) atoms. The molecular formula is C19H20FN3O4. The van der Waals surface area contributed by atoms with Gasteiger partial charge in [-0.25, -0.2) is 9.37 Å². The van der Waals surface area contributed by atoms with Crippen LogP contribution in [0.2, 0.25) is 0 Å². The van der Waals surface area contributed by atoms with Crippen molar-refractivity contribution in [2.75, 3.05) is 0 Å². The molecule has 0 fully saturated rings. The van der Waals surface area contributed by atoms with Crippen molar-refractivity contribution in [3.8, 4) is 5.75 Å². The molecule has 3 rings (SSSR count). The number of aryl methyl sites for hydroxylation is 1. The van der Waals surface area contributed by atoms with Gasteiger partial charge in [-0.1, -0.05) is 13.8 Å². The van der Waals surface area contributed by atoms with Crippen LogP contribution in [0.25, 0.3) is 11.0 Å². The molecule has 142 valence electrons. The summed E-state index contributed by atoms with van der Waals surface area (Å²) in [7, 11) is 0. The summed E-state index contributed by atoms with van der Waals surface area (Å²) in [6.45, 7) is 5.14. The van der Waals surface area contributed by atoms with Crippen LogP contribution in [0.15, 0.2) is 33.5 Å². The first-order chi connectivity index (χ1) is 12.7. The van der Waals surface area contributed by atoms with Gasteiger partial charge in [0.05, 0.1) is 17.6 Å². The Morgan fingerprint density at radius 1 is 1.37 bits per heavy atom. The molecule has 0 radical (unpaired) electrons. The summed E-state index contributed by atoms with van der Waals surface area (Å²) < 4.78 is 18.7. The van der Waals surface area contributed by atoms with Gasteiger partial charge in [0.25, 0.3) is 0 Å². The van der Waals surface area contributed by atoms with Crippen molar-refractivity contribution < 1.29 is 18.7 Å². The first kappa shape index (κ1) is 18.6. The molecule has 0 atom stereocenters. The maximum atomic E-state index is 13.2. The van der Waals surface area contributed by atoms with Crippen molar-refractivity contribution in [2.45, 2.75) is 39.2 Å². The van der Waals surface area contributed by atoms with Gasteiger partial charge in [-0.2, -0.15) is 0 Å². The monoisotopic (exact) mass is 373 g/mol. The summed E-state index contributed by atoms with van der Waals surface area (Å²) >= 11 is 0. The Bertz CT molecular complexity index is 1070. The van der Waals surface area contributed by atoms with Crippen molar-refractivity contribution in [1.29, 1.82) is 0 Å². The summed E-state index contributed by atoms with van der Waals surface area (Å²) in [5, 5.41) is 12.7. The van der Waals surface area contributed by atoms with Gasteiger partial charge in [0.1, 0.15) is 17.4 Å². The first-order valence-corrected chi connectivity index (χ1v) is 8.41. The molecule has 0 saturated carbocycles. The maximum Gasteiger partial charge on any atom is 0.227 e. The van der Waals surface area contributed by atoms with Crippen molar-refractivity contribution in [3.63, 3.8) is 0 Å². The Kier molecular flexibility index (Phi) is 4.73. The molecule has 0 unspecified atom stereocenters. The number of imidazole rings is 1. The molecule has 0 aliphatic heterocycles. The molecule has 0 spiro atoms. The number of hydrogen-bond acceptors (Lipinski definition) is 5. The third-order valence-corrected chi connectivity index (χ3v) is 4.21. The smallest absolute Gasteiger partial charge is 0.227 e. The number of aromatic nitrogens is 2.